The van der Waals surface area contributed by atoms with Crippen LogP contribution in [0.1, 0.15) is 49.6 Å². The van der Waals surface area contributed by atoms with Crippen LogP contribution in [-0.2, 0) is 0 Å². The monoisotopic (exact) mass is 311 g/mol. The minimum Gasteiger partial charge on any atom is -0.351 e. The molecule has 0 aliphatic heterocycles. The lowest BCUT2D eigenvalue weighted by molar-refractivity contribution is 0.0942. The molecule has 0 bridgehead atoms. The van der Waals surface area contributed by atoms with Gasteiger partial charge in [-0.3, -0.25) is 4.79 Å². The Labute approximate surface area is 116 Å². The average molecular weight is 312 g/mol. The molecule has 1 N–H and O–H groups in total. The van der Waals surface area contributed by atoms with E-state index in [2.05, 4.69) is 27.3 Å². The number of nitrogens with one attached hydrogen (secondary N) is 1. The molecule has 0 unspecified atom stereocenters. The molecule has 1 aromatic heterocycles. The Kier molecular flexibility index (Phi) is 5.93. The zero-order valence-corrected chi connectivity index (χ0v) is 12.3. The summed E-state index contributed by atoms with van der Waals surface area (Å²) in [6.07, 6.45) is 4.12. The molecule has 98 valence electrons. The van der Waals surface area contributed by atoms with E-state index in [4.69, 9.17) is 5.26 Å². The molecule has 0 atom stereocenters. The van der Waals surface area contributed by atoms with Crippen molar-refractivity contribution >= 4 is 21.8 Å². The third kappa shape index (κ3) is 4.19. The first-order chi connectivity index (χ1) is 8.56. The second kappa shape index (κ2) is 7.22. The van der Waals surface area contributed by atoms with E-state index in [0.717, 1.165) is 17.3 Å². The molecule has 0 aromatic carbocycles. The van der Waals surface area contributed by atoms with E-state index in [0.29, 0.717) is 18.7 Å². The lowest BCUT2D eigenvalue weighted by Gasteiger charge is -2.12. The topological polar surface area (TPSA) is 57.8 Å². The lowest BCUT2D eigenvalue weighted by Crippen LogP contribution is -2.27. The highest BCUT2D eigenvalue weighted by molar-refractivity contribution is 9.10. The van der Waals surface area contributed by atoms with Crippen molar-refractivity contribution in [3.8, 4) is 6.07 Å². The maximum Gasteiger partial charge on any atom is 0.267 e. The van der Waals surface area contributed by atoms with Gasteiger partial charge in [-0.25, -0.2) is 0 Å². The van der Waals surface area contributed by atoms with Crippen molar-refractivity contribution in [2.75, 3.05) is 6.54 Å². The van der Waals surface area contributed by atoms with E-state index in [1.165, 1.54) is 0 Å². The van der Waals surface area contributed by atoms with Crippen molar-refractivity contribution in [2.24, 2.45) is 0 Å². The Bertz CT molecular complexity index is 446. The van der Waals surface area contributed by atoms with Gasteiger partial charge in [0.15, 0.2) is 0 Å². The van der Waals surface area contributed by atoms with Gasteiger partial charge in [0.05, 0.1) is 6.07 Å². The molecule has 0 spiro atoms. The molecular weight excluding hydrogens is 294 g/mol. The number of nitriles is 1. The molecule has 0 radical (unpaired) electrons. The highest BCUT2D eigenvalue weighted by atomic mass is 79.9. The molecule has 0 saturated heterocycles. The van der Waals surface area contributed by atoms with E-state index < -0.39 is 0 Å². The van der Waals surface area contributed by atoms with Gasteiger partial charge >= 0.3 is 0 Å². The van der Waals surface area contributed by atoms with Crippen LogP contribution in [0.25, 0.3) is 0 Å². The third-order valence-electron chi connectivity index (χ3n) is 2.61. The molecule has 0 saturated carbocycles. The summed E-state index contributed by atoms with van der Waals surface area (Å²) in [5.74, 6) is -0.0636. The van der Waals surface area contributed by atoms with Gasteiger partial charge in [-0.15, -0.1) is 0 Å². The fourth-order valence-corrected chi connectivity index (χ4v) is 2.11. The summed E-state index contributed by atoms with van der Waals surface area (Å²) >= 11 is 3.39. The quantitative estimate of drug-likeness (QED) is 0.820. The summed E-state index contributed by atoms with van der Waals surface area (Å²) in [5.41, 5.74) is 0.664. The van der Waals surface area contributed by atoms with Crippen LogP contribution in [0, 0.1) is 11.3 Å². The standard InChI is InChI=1S/C13H18BrN3O/c1-10(2)17-9-11(14)8-12(17)13(18)16-7-5-3-4-6-15/h8-10H,3-5,7H2,1-2H3,(H,16,18). The summed E-state index contributed by atoms with van der Waals surface area (Å²) in [5, 5.41) is 11.3. The molecule has 0 fully saturated rings. The Morgan fingerprint density at radius 1 is 1.56 bits per heavy atom. The first-order valence-electron chi connectivity index (χ1n) is 6.08. The molecule has 0 aliphatic carbocycles. The van der Waals surface area contributed by atoms with Gasteiger partial charge in [-0.05, 0) is 48.7 Å². The fraction of sp³-hybridized carbons (Fsp3) is 0.538. The van der Waals surface area contributed by atoms with Crippen molar-refractivity contribution < 1.29 is 4.79 Å². The van der Waals surface area contributed by atoms with E-state index in [1.54, 1.807) is 0 Å². The lowest BCUT2D eigenvalue weighted by atomic mass is 10.2. The molecular formula is C13H18BrN3O. The molecule has 1 heterocycles. The molecule has 5 heteroatoms. The predicted octanol–water partition coefficient (Wildman–Crippen LogP) is 3.26. The highest BCUT2D eigenvalue weighted by Gasteiger charge is 2.14. The Hall–Kier alpha value is -1.28. The van der Waals surface area contributed by atoms with Crippen LogP contribution in [0.5, 0.6) is 0 Å². The maximum absolute atomic E-state index is 12.0. The second-order valence-electron chi connectivity index (χ2n) is 4.42. The second-order valence-corrected chi connectivity index (χ2v) is 5.33. The Balaban J connectivity index is 2.54. The zero-order chi connectivity index (χ0) is 13.5. The van der Waals surface area contributed by atoms with E-state index in [1.807, 2.05) is 30.7 Å². The summed E-state index contributed by atoms with van der Waals surface area (Å²) in [6, 6.07) is 4.16. The summed E-state index contributed by atoms with van der Waals surface area (Å²) in [7, 11) is 0. The van der Waals surface area contributed by atoms with Gasteiger partial charge < -0.3 is 9.88 Å². The number of unbranched alkanes of at least 4 members (excludes halogenated alkanes) is 2. The number of hydrogen-bond acceptors (Lipinski definition) is 2. The van der Waals surface area contributed by atoms with Gasteiger partial charge in [0, 0.05) is 29.7 Å². The number of carbonyl (C=O) groups is 1. The van der Waals surface area contributed by atoms with Crippen molar-refractivity contribution in [1.82, 2.24) is 9.88 Å². The normalized spacial score (nSPS) is 10.4. The van der Waals surface area contributed by atoms with Gasteiger partial charge in [-0.2, -0.15) is 5.26 Å². The smallest absolute Gasteiger partial charge is 0.267 e. The van der Waals surface area contributed by atoms with Crippen molar-refractivity contribution in [3.05, 3.63) is 22.4 Å². The van der Waals surface area contributed by atoms with Crippen molar-refractivity contribution in [1.29, 1.82) is 5.26 Å². The van der Waals surface area contributed by atoms with Crippen LogP contribution in [0.2, 0.25) is 0 Å². The fourth-order valence-electron chi connectivity index (χ4n) is 1.68. The van der Waals surface area contributed by atoms with Gasteiger partial charge in [0.25, 0.3) is 5.91 Å². The maximum atomic E-state index is 12.0. The Morgan fingerprint density at radius 3 is 2.89 bits per heavy atom. The van der Waals surface area contributed by atoms with E-state index in [-0.39, 0.29) is 11.9 Å². The number of nitrogens with zero attached hydrogens (tertiary/aromatic N) is 2. The largest absolute Gasteiger partial charge is 0.351 e. The summed E-state index contributed by atoms with van der Waals surface area (Å²) in [4.78, 5) is 12.0. The minimum atomic E-state index is -0.0636. The molecule has 1 aromatic rings. The number of halogens is 1. The van der Waals surface area contributed by atoms with Crippen molar-refractivity contribution in [2.45, 2.75) is 39.2 Å². The van der Waals surface area contributed by atoms with Crippen molar-refractivity contribution in [3.63, 3.8) is 0 Å². The number of rotatable bonds is 6. The summed E-state index contributed by atoms with van der Waals surface area (Å²) < 4.78 is 2.85. The zero-order valence-electron chi connectivity index (χ0n) is 10.7. The molecule has 1 rings (SSSR count). The molecule has 4 nitrogen and oxygen atoms in total. The SMILES string of the molecule is CC(C)n1cc(Br)cc1C(=O)NCCCCC#N. The van der Waals surface area contributed by atoms with Crippen LogP contribution in [0.4, 0.5) is 0 Å². The Morgan fingerprint density at radius 2 is 2.28 bits per heavy atom. The predicted molar refractivity (Wildman–Crippen MR) is 74.3 cm³/mol. The third-order valence-corrected chi connectivity index (χ3v) is 3.04. The number of aromatic nitrogens is 1. The highest BCUT2D eigenvalue weighted by Crippen LogP contribution is 2.19. The molecule has 1 amide bonds. The minimum absolute atomic E-state index is 0.0636. The van der Waals surface area contributed by atoms with Gasteiger partial charge in [-0.1, -0.05) is 0 Å². The van der Waals surface area contributed by atoms with Crippen LogP contribution >= 0.6 is 15.9 Å². The van der Waals surface area contributed by atoms with E-state index >= 15 is 0 Å². The van der Waals surface area contributed by atoms with E-state index in [9.17, 15) is 4.79 Å². The number of amides is 1. The molecule has 0 aliphatic rings. The number of hydrogen-bond donors (Lipinski definition) is 1. The van der Waals surface area contributed by atoms with Gasteiger partial charge in [0.2, 0.25) is 0 Å². The average Bonchev–Trinajstić information content (AvgIpc) is 2.71. The molecule has 18 heavy (non-hydrogen) atoms. The van der Waals surface area contributed by atoms with Crippen LogP contribution < -0.4 is 5.32 Å². The summed E-state index contributed by atoms with van der Waals surface area (Å²) in [6.45, 7) is 4.69. The van der Waals surface area contributed by atoms with Gasteiger partial charge in [0.1, 0.15) is 5.69 Å². The first kappa shape index (κ1) is 14.8. The number of carbonyl (C=O) groups excluding carboxylic acids is 1. The first-order valence-corrected chi connectivity index (χ1v) is 6.88. The van der Waals surface area contributed by atoms with Crippen LogP contribution in [0.3, 0.4) is 0 Å². The van der Waals surface area contributed by atoms with Crippen LogP contribution in [-0.4, -0.2) is 17.0 Å². The van der Waals surface area contributed by atoms with Crippen LogP contribution in [0.15, 0.2) is 16.7 Å².